The Kier molecular flexibility index (Phi) is 6.77. The summed E-state index contributed by atoms with van der Waals surface area (Å²) in [6.45, 7) is 9.28. The van der Waals surface area contributed by atoms with Crippen LogP contribution in [0, 0.1) is 23.2 Å². The van der Waals surface area contributed by atoms with Crippen LogP contribution in [0.1, 0.15) is 40.5 Å². The summed E-state index contributed by atoms with van der Waals surface area (Å²) in [5.74, 6) is 0.655. The molecule has 0 aliphatic rings. The maximum absolute atomic E-state index is 11.7. The third-order valence-electron chi connectivity index (χ3n) is 2.38. The second-order valence-electron chi connectivity index (χ2n) is 4.40. The highest BCUT2D eigenvalue weighted by Gasteiger charge is 2.14. The van der Waals surface area contributed by atoms with E-state index in [0.717, 1.165) is 6.42 Å². The van der Waals surface area contributed by atoms with Crippen LogP contribution in [0.25, 0.3) is 0 Å². The van der Waals surface area contributed by atoms with E-state index in [-0.39, 0.29) is 11.8 Å². The summed E-state index contributed by atoms with van der Waals surface area (Å²) < 4.78 is 0. The van der Waals surface area contributed by atoms with Crippen LogP contribution in [-0.4, -0.2) is 23.9 Å². The number of carbonyl (C=O) groups excluding carboxylic acids is 1. The van der Waals surface area contributed by atoms with Gasteiger partial charge in [-0.05, 0) is 26.2 Å². The maximum Gasteiger partial charge on any atom is 0.222 e. The van der Waals surface area contributed by atoms with Gasteiger partial charge in [-0.3, -0.25) is 4.79 Å². The van der Waals surface area contributed by atoms with E-state index in [2.05, 4.69) is 19.9 Å². The first-order chi connectivity index (χ1) is 7.01. The minimum Gasteiger partial charge on any atom is -0.342 e. The van der Waals surface area contributed by atoms with E-state index in [1.807, 2.05) is 13.8 Å². The van der Waals surface area contributed by atoms with E-state index < -0.39 is 0 Å². The predicted octanol–water partition coefficient (Wildman–Crippen LogP) is 2.43. The number of hydrogen-bond acceptors (Lipinski definition) is 2. The van der Waals surface area contributed by atoms with Gasteiger partial charge in [-0.1, -0.05) is 13.8 Å². The van der Waals surface area contributed by atoms with Crippen molar-refractivity contribution in [3.63, 3.8) is 0 Å². The van der Waals surface area contributed by atoms with Crippen molar-refractivity contribution in [2.75, 3.05) is 13.1 Å². The molecule has 0 rings (SSSR count). The molecule has 1 amide bonds. The summed E-state index contributed by atoms with van der Waals surface area (Å²) in [6, 6.07) is 2.16. The number of nitrogens with zero attached hydrogens (tertiary/aromatic N) is 2. The summed E-state index contributed by atoms with van der Waals surface area (Å²) in [4.78, 5) is 13.5. The van der Waals surface area contributed by atoms with E-state index in [9.17, 15) is 4.79 Å². The second-order valence-corrected chi connectivity index (χ2v) is 4.40. The monoisotopic (exact) mass is 210 g/mol. The van der Waals surface area contributed by atoms with Gasteiger partial charge in [0.2, 0.25) is 5.91 Å². The number of rotatable bonds is 6. The lowest BCUT2D eigenvalue weighted by atomic mass is 10.1. The quantitative estimate of drug-likeness (QED) is 0.676. The first kappa shape index (κ1) is 14.0. The van der Waals surface area contributed by atoms with Crippen LogP contribution in [0.15, 0.2) is 0 Å². The van der Waals surface area contributed by atoms with Crippen LogP contribution in [-0.2, 0) is 4.79 Å². The Morgan fingerprint density at radius 2 is 2.00 bits per heavy atom. The van der Waals surface area contributed by atoms with E-state index in [4.69, 9.17) is 5.26 Å². The molecular weight excluding hydrogens is 188 g/mol. The van der Waals surface area contributed by atoms with Crippen LogP contribution in [0.5, 0.6) is 0 Å². The Morgan fingerprint density at radius 1 is 1.40 bits per heavy atom. The first-order valence-electron chi connectivity index (χ1n) is 5.68. The Labute approximate surface area is 93.1 Å². The molecule has 0 aromatic rings. The van der Waals surface area contributed by atoms with Crippen LogP contribution < -0.4 is 0 Å². The van der Waals surface area contributed by atoms with Gasteiger partial charge in [0.1, 0.15) is 0 Å². The SMILES string of the molecule is CCN(CC(C)C#N)C(=O)CCC(C)C. The highest BCUT2D eigenvalue weighted by atomic mass is 16.2. The Balaban J connectivity index is 4.06. The van der Waals surface area contributed by atoms with Gasteiger partial charge in [-0.2, -0.15) is 5.26 Å². The van der Waals surface area contributed by atoms with Crippen molar-refractivity contribution in [2.24, 2.45) is 11.8 Å². The van der Waals surface area contributed by atoms with Gasteiger partial charge in [-0.25, -0.2) is 0 Å². The van der Waals surface area contributed by atoms with Gasteiger partial charge in [0.15, 0.2) is 0 Å². The topological polar surface area (TPSA) is 44.1 Å². The van der Waals surface area contributed by atoms with Crippen molar-refractivity contribution in [3.8, 4) is 6.07 Å². The van der Waals surface area contributed by atoms with Gasteiger partial charge >= 0.3 is 0 Å². The first-order valence-corrected chi connectivity index (χ1v) is 5.68. The molecule has 0 N–H and O–H groups in total. The molecule has 0 fully saturated rings. The molecule has 0 aliphatic carbocycles. The fraction of sp³-hybridized carbons (Fsp3) is 0.833. The van der Waals surface area contributed by atoms with Gasteiger partial charge < -0.3 is 4.90 Å². The molecule has 0 aromatic heterocycles. The minimum absolute atomic E-state index is 0.0760. The van der Waals surface area contributed by atoms with Gasteiger partial charge in [0.25, 0.3) is 0 Å². The molecule has 0 saturated heterocycles. The zero-order valence-electron chi connectivity index (χ0n) is 10.3. The fourth-order valence-electron chi connectivity index (χ4n) is 1.35. The fourth-order valence-corrected chi connectivity index (χ4v) is 1.35. The third kappa shape index (κ3) is 6.11. The molecule has 0 bridgehead atoms. The Morgan fingerprint density at radius 3 is 2.40 bits per heavy atom. The van der Waals surface area contributed by atoms with Gasteiger partial charge in [0.05, 0.1) is 12.0 Å². The smallest absolute Gasteiger partial charge is 0.222 e. The van der Waals surface area contributed by atoms with Crippen molar-refractivity contribution in [3.05, 3.63) is 0 Å². The average Bonchev–Trinajstić information content (AvgIpc) is 2.21. The van der Waals surface area contributed by atoms with Crippen molar-refractivity contribution >= 4 is 5.91 Å². The van der Waals surface area contributed by atoms with Crippen molar-refractivity contribution in [2.45, 2.75) is 40.5 Å². The van der Waals surface area contributed by atoms with Gasteiger partial charge in [0, 0.05) is 19.5 Å². The second kappa shape index (κ2) is 7.28. The van der Waals surface area contributed by atoms with Crippen molar-refractivity contribution < 1.29 is 4.79 Å². The molecule has 0 spiro atoms. The summed E-state index contributed by atoms with van der Waals surface area (Å²) in [7, 11) is 0. The van der Waals surface area contributed by atoms with E-state index in [0.29, 0.717) is 25.4 Å². The summed E-state index contributed by atoms with van der Waals surface area (Å²) in [5, 5.41) is 8.69. The molecule has 0 heterocycles. The number of hydrogen-bond donors (Lipinski definition) is 0. The molecular formula is C12H22N2O. The largest absolute Gasteiger partial charge is 0.342 e. The van der Waals surface area contributed by atoms with E-state index >= 15 is 0 Å². The van der Waals surface area contributed by atoms with Crippen LogP contribution >= 0.6 is 0 Å². The lowest BCUT2D eigenvalue weighted by Gasteiger charge is -2.22. The van der Waals surface area contributed by atoms with Crippen LogP contribution in [0.2, 0.25) is 0 Å². The highest BCUT2D eigenvalue weighted by molar-refractivity contribution is 5.76. The Hall–Kier alpha value is -1.04. The van der Waals surface area contributed by atoms with E-state index in [1.54, 1.807) is 4.90 Å². The van der Waals surface area contributed by atoms with Crippen LogP contribution in [0.4, 0.5) is 0 Å². The van der Waals surface area contributed by atoms with Crippen LogP contribution in [0.3, 0.4) is 0 Å². The standard InChI is InChI=1S/C12H22N2O/c1-5-14(9-11(4)8-13)12(15)7-6-10(2)3/h10-11H,5-7,9H2,1-4H3. The molecule has 0 aliphatic heterocycles. The number of nitriles is 1. The van der Waals surface area contributed by atoms with E-state index in [1.165, 1.54) is 0 Å². The summed E-state index contributed by atoms with van der Waals surface area (Å²) in [6.07, 6.45) is 1.53. The molecule has 3 nitrogen and oxygen atoms in total. The summed E-state index contributed by atoms with van der Waals surface area (Å²) in [5.41, 5.74) is 0. The molecule has 15 heavy (non-hydrogen) atoms. The van der Waals surface area contributed by atoms with Crippen molar-refractivity contribution in [1.29, 1.82) is 5.26 Å². The summed E-state index contributed by atoms with van der Waals surface area (Å²) >= 11 is 0. The molecule has 0 aromatic carbocycles. The molecule has 0 radical (unpaired) electrons. The molecule has 1 atom stereocenters. The lowest BCUT2D eigenvalue weighted by molar-refractivity contribution is -0.131. The molecule has 1 unspecified atom stereocenters. The maximum atomic E-state index is 11.7. The highest BCUT2D eigenvalue weighted by Crippen LogP contribution is 2.07. The zero-order valence-corrected chi connectivity index (χ0v) is 10.3. The predicted molar refractivity (Wildman–Crippen MR) is 61.1 cm³/mol. The lowest BCUT2D eigenvalue weighted by Crippen LogP contribution is -2.34. The normalized spacial score (nSPS) is 12.3. The third-order valence-corrected chi connectivity index (χ3v) is 2.38. The van der Waals surface area contributed by atoms with Gasteiger partial charge in [-0.15, -0.1) is 0 Å². The number of amides is 1. The van der Waals surface area contributed by atoms with Crippen molar-refractivity contribution in [1.82, 2.24) is 4.90 Å². The zero-order chi connectivity index (χ0) is 11.8. The minimum atomic E-state index is -0.0760. The average molecular weight is 210 g/mol. The molecule has 86 valence electrons. The molecule has 0 saturated carbocycles. The molecule has 3 heteroatoms. The Bertz CT molecular complexity index is 230. The number of carbonyl (C=O) groups is 1.